The predicted molar refractivity (Wildman–Crippen MR) is 62.6 cm³/mol. The van der Waals surface area contributed by atoms with E-state index < -0.39 is 5.82 Å². The van der Waals surface area contributed by atoms with Crippen molar-refractivity contribution in [1.29, 1.82) is 0 Å². The van der Waals surface area contributed by atoms with Crippen molar-refractivity contribution in [2.75, 3.05) is 13.1 Å². The number of rotatable bonds is 4. The summed E-state index contributed by atoms with van der Waals surface area (Å²) in [5.41, 5.74) is 5.55. The lowest BCUT2D eigenvalue weighted by Gasteiger charge is -2.19. The Morgan fingerprint density at radius 2 is 2.31 bits per heavy atom. The van der Waals surface area contributed by atoms with Gasteiger partial charge in [0.1, 0.15) is 11.5 Å². The molecular weight excluding hydrogens is 229 g/mol. The Morgan fingerprint density at radius 1 is 1.62 bits per heavy atom. The van der Waals surface area contributed by atoms with Crippen molar-refractivity contribution in [3.05, 3.63) is 29.8 Å². The molecule has 0 fully saturated rings. The van der Waals surface area contributed by atoms with Crippen LogP contribution in [-0.4, -0.2) is 33.9 Å². The van der Waals surface area contributed by atoms with Crippen LogP contribution in [0.25, 0.3) is 0 Å². The van der Waals surface area contributed by atoms with Crippen molar-refractivity contribution >= 4 is 23.1 Å². The van der Waals surface area contributed by atoms with Crippen LogP contribution in [0.4, 0.5) is 4.39 Å². The monoisotopic (exact) mass is 241 g/mol. The van der Waals surface area contributed by atoms with E-state index in [9.17, 15) is 9.18 Å². The van der Waals surface area contributed by atoms with Crippen LogP contribution in [-0.2, 0) is 0 Å². The number of carbonyl (C=O) groups excluding carboxylic acids is 1. The summed E-state index contributed by atoms with van der Waals surface area (Å²) in [4.78, 5) is 17.2. The highest BCUT2D eigenvalue weighted by molar-refractivity contribution is 7.80. The lowest BCUT2D eigenvalue weighted by molar-refractivity contribution is 0.0782. The van der Waals surface area contributed by atoms with Gasteiger partial charge in [-0.1, -0.05) is 12.2 Å². The zero-order valence-corrected chi connectivity index (χ0v) is 9.63. The van der Waals surface area contributed by atoms with Crippen molar-refractivity contribution in [1.82, 2.24) is 9.88 Å². The molecule has 2 N–H and O–H groups in total. The number of nitrogens with zero attached hydrogens (tertiary/aromatic N) is 2. The number of amides is 1. The number of halogens is 1. The third-order valence-electron chi connectivity index (χ3n) is 1.96. The number of carbonyl (C=O) groups is 1. The van der Waals surface area contributed by atoms with Crippen LogP contribution < -0.4 is 5.73 Å². The van der Waals surface area contributed by atoms with E-state index in [-0.39, 0.29) is 23.1 Å². The van der Waals surface area contributed by atoms with E-state index in [0.717, 1.165) is 6.20 Å². The molecule has 0 bridgehead atoms. The summed E-state index contributed by atoms with van der Waals surface area (Å²) in [6.45, 7) is 2.47. The first-order chi connectivity index (χ1) is 7.54. The Kier molecular flexibility index (Phi) is 4.30. The number of nitrogens with two attached hydrogens (primary N) is 1. The van der Waals surface area contributed by atoms with Gasteiger partial charge in [-0.2, -0.15) is 0 Å². The van der Waals surface area contributed by atoms with Gasteiger partial charge in [-0.05, 0) is 19.1 Å². The first kappa shape index (κ1) is 12.5. The molecule has 0 aliphatic heterocycles. The molecule has 1 aromatic rings. The van der Waals surface area contributed by atoms with Crippen molar-refractivity contribution < 1.29 is 9.18 Å². The maximum Gasteiger partial charge on any atom is 0.272 e. The average molecular weight is 241 g/mol. The Morgan fingerprint density at radius 3 is 2.75 bits per heavy atom. The van der Waals surface area contributed by atoms with E-state index in [1.807, 2.05) is 0 Å². The van der Waals surface area contributed by atoms with Crippen LogP contribution in [0.15, 0.2) is 18.3 Å². The van der Waals surface area contributed by atoms with E-state index in [0.29, 0.717) is 6.54 Å². The molecule has 0 saturated carbocycles. The summed E-state index contributed by atoms with van der Waals surface area (Å²) < 4.78 is 12.6. The lowest BCUT2D eigenvalue weighted by Crippen LogP contribution is -2.37. The summed E-state index contributed by atoms with van der Waals surface area (Å²) >= 11 is 4.73. The van der Waals surface area contributed by atoms with Gasteiger partial charge in [-0.3, -0.25) is 4.79 Å². The number of pyridine rings is 1. The molecule has 4 nitrogen and oxygen atoms in total. The number of hydrogen-bond donors (Lipinski definition) is 1. The highest BCUT2D eigenvalue weighted by Crippen LogP contribution is 2.03. The van der Waals surface area contributed by atoms with Crippen LogP contribution >= 0.6 is 12.2 Å². The van der Waals surface area contributed by atoms with Crippen LogP contribution in [0.2, 0.25) is 0 Å². The number of hydrogen-bond acceptors (Lipinski definition) is 3. The van der Waals surface area contributed by atoms with E-state index in [1.54, 1.807) is 6.92 Å². The van der Waals surface area contributed by atoms with Crippen molar-refractivity contribution in [2.24, 2.45) is 5.73 Å². The van der Waals surface area contributed by atoms with Crippen LogP contribution in [0.3, 0.4) is 0 Å². The first-order valence-electron chi connectivity index (χ1n) is 4.73. The number of aromatic nitrogens is 1. The topological polar surface area (TPSA) is 59.2 Å². The Balaban J connectivity index is 2.82. The minimum atomic E-state index is -0.478. The maximum atomic E-state index is 12.6. The molecule has 0 atom stereocenters. The fraction of sp³-hybridized carbons (Fsp3) is 0.300. The van der Waals surface area contributed by atoms with Crippen LogP contribution in [0.1, 0.15) is 17.4 Å². The standard InChI is InChI=1S/C10H12FN3OS/c1-2-14(6-9(12)16)10(15)8-4-3-7(11)5-13-8/h3-5H,2,6H2,1H3,(H2,12,16). The average Bonchev–Trinajstić information content (AvgIpc) is 2.25. The molecule has 0 aromatic carbocycles. The molecule has 0 saturated heterocycles. The van der Waals surface area contributed by atoms with E-state index in [2.05, 4.69) is 4.98 Å². The van der Waals surface area contributed by atoms with Gasteiger partial charge in [0.15, 0.2) is 0 Å². The molecular formula is C10H12FN3OS. The SMILES string of the molecule is CCN(CC(N)=S)C(=O)c1ccc(F)cn1. The zero-order valence-electron chi connectivity index (χ0n) is 8.81. The second kappa shape index (κ2) is 5.50. The molecule has 1 amide bonds. The molecule has 0 aliphatic carbocycles. The smallest absolute Gasteiger partial charge is 0.272 e. The first-order valence-corrected chi connectivity index (χ1v) is 5.14. The van der Waals surface area contributed by atoms with Crippen LogP contribution in [0.5, 0.6) is 0 Å². The summed E-state index contributed by atoms with van der Waals surface area (Å²) in [5.74, 6) is -0.788. The highest BCUT2D eigenvalue weighted by atomic mass is 32.1. The fourth-order valence-corrected chi connectivity index (χ4v) is 1.34. The van der Waals surface area contributed by atoms with Gasteiger partial charge < -0.3 is 10.6 Å². The third kappa shape index (κ3) is 3.23. The maximum absolute atomic E-state index is 12.6. The van der Waals surface area contributed by atoms with Gasteiger partial charge in [0, 0.05) is 6.54 Å². The molecule has 0 radical (unpaired) electrons. The molecule has 0 aliphatic rings. The molecule has 0 unspecified atom stereocenters. The molecule has 16 heavy (non-hydrogen) atoms. The largest absolute Gasteiger partial charge is 0.392 e. The summed E-state index contributed by atoms with van der Waals surface area (Å²) in [7, 11) is 0. The number of thiocarbonyl (C=S) groups is 1. The second-order valence-corrected chi connectivity index (χ2v) is 3.67. The third-order valence-corrected chi connectivity index (χ3v) is 2.09. The van der Waals surface area contributed by atoms with Gasteiger partial charge in [-0.25, -0.2) is 9.37 Å². The Hall–Kier alpha value is -1.56. The number of likely N-dealkylation sites (N-methyl/N-ethyl adjacent to an activating group) is 1. The molecule has 0 spiro atoms. The molecule has 86 valence electrons. The lowest BCUT2D eigenvalue weighted by atomic mass is 10.3. The van der Waals surface area contributed by atoms with Crippen molar-refractivity contribution in [3.63, 3.8) is 0 Å². The molecule has 1 rings (SSSR count). The van der Waals surface area contributed by atoms with Gasteiger partial charge in [0.05, 0.1) is 17.7 Å². The minimum absolute atomic E-state index is 0.180. The Bertz CT molecular complexity index is 394. The summed E-state index contributed by atoms with van der Waals surface area (Å²) in [5, 5.41) is 0. The van der Waals surface area contributed by atoms with Gasteiger partial charge in [0.25, 0.3) is 5.91 Å². The highest BCUT2D eigenvalue weighted by Gasteiger charge is 2.15. The van der Waals surface area contributed by atoms with Crippen molar-refractivity contribution in [2.45, 2.75) is 6.92 Å². The van der Waals surface area contributed by atoms with E-state index >= 15 is 0 Å². The van der Waals surface area contributed by atoms with E-state index in [4.69, 9.17) is 18.0 Å². The van der Waals surface area contributed by atoms with Gasteiger partial charge in [0.2, 0.25) is 0 Å². The van der Waals surface area contributed by atoms with Crippen LogP contribution in [0, 0.1) is 5.82 Å². The van der Waals surface area contributed by atoms with E-state index in [1.165, 1.54) is 17.0 Å². The minimum Gasteiger partial charge on any atom is -0.392 e. The quantitative estimate of drug-likeness (QED) is 0.798. The fourth-order valence-electron chi connectivity index (χ4n) is 1.18. The molecule has 6 heteroatoms. The second-order valence-electron chi connectivity index (χ2n) is 3.15. The van der Waals surface area contributed by atoms with Gasteiger partial charge >= 0.3 is 0 Å². The summed E-state index contributed by atoms with van der Waals surface area (Å²) in [6, 6.07) is 2.52. The Labute approximate surface area is 98.3 Å². The van der Waals surface area contributed by atoms with Crippen molar-refractivity contribution in [3.8, 4) is 0 Å². The molecule has 1 aromatic heterocycles. The van der Waals surface area contributed by atoms with Gasteiger partial charge in [-0.15, -0.1) is 0 Å². The predicted octanol–water partition coefficient (Wildman–Crippen LogP) is 0.969. The normalized spacial score (nSPS) is 9.88. The molecule has 1 heterocycles. The zero-order chi connectivity index (χ0) is 12.1. The summed E-state index contributed by atoms with van der Waals surface area (Å²) in [6.07, 6.45) is 1.00.